The third-order valence-electron chi connectivity index (χ3n) is 2.87. The first-order valence-corrected chi connectivity index (χ1v) is 5.93. The van der Waals surface area contributed by atoms with Crippen molar-refractivity contribution in [1.82, 2.24) is 15.3 Å². The molecule has 0 saturated heterocycles. The SMILES string of the molecule is CNCc1c(C)nc(-c2cccc(C)c2)[nH]c1=O. The van der Waals surface area contributed by atoms with Crippen LogP contribution in [0.15, 0.2) is 29.1 Å². The summed E-state index contributed by atoms with van der Waals surface area (Å²) in [5, 5.41) is 2.97. The number of hydrogen-bond acceptors (Lipinski definition) is 3. The van der Waals surface area contributed by atoms with E-state index in [1.54, 1.807) is 0 Å². The monoisotopic (exact) mass is 243 g/mol. The molecule has 2 N–H and O–H groups in total. The largest absolute Gasteiger partial charge is 0.315 e. The Balaban J connectivity index is 2.51. The van der Waals surface area contributed by atoms with Crippen LogP contribution in [0.4, 0.5) is 0 Å². The maximum Gasteiger partial charge on any atom is 0.255 e. The molecule has 1 aromatic heterocycles. The fourth-order valence-electron chi connectivity index (χ4n) is 1.92. The predicted molar refractivity (Wildman–Crippen MR) is 72.5 cm³/mol. The van der Waals surface area contributed by atoms with Gasteiger partial charge in [0.1, 0.15) is 5.82 Å². The summed E-state index contributed by atoms with van der Waals surface area (Å²) in [7, 11) is 1.81. The van der Waals surface area contributed by atoms with Crippen LogP contribution >= 0.6 is 0 Å². The molecule has 2 aromatic rings. The second-order valence-corrected chi connectivity index (χ2v) is 4.38. The summed E-state index contributed by atoms with van der Waals surface area (Å²) in [5.41, 5.74) is 3.46. The van der Waals surface area contributed by atoms with E-state index in [9.17, 15) is 4.79 Å². The van der Waals surface area contributed by atoms with Gasteiger partial charge in [0.25, 0.3) is 5.56 Å². The van der Waals surface area contributed by atoms with E-state index >= 15 is 0 Å². The zero-order valence-corrected chi connectivity index (χ0v) is 10.9. The Bertz CT molecular complexity index is 617. The lowest BCUT2D eigenvalue weighted by atomic mass is 10.1. The fraction of sp³-hybridized carbons (Fsp3) is 0.286. The molecule has 0 amide bonds. The van der Waals surface area contributed by atoms with Crippen LogP contribution in [0.25, 0.3) is 11.4 Å². The van der Waals surface area contributed by atoms with E-state index in [0.29, 0.717) is 17.9 Å². The Hall–Kier alpha value is -1.94. The summed E-state index contributed by atoms with van der Waals surface area (Å²) in [6.07, 6.45) is 0. The standard InChI is InChI=1S/C14H17N3O/c1-9-5-4-6-11(7-9)13-16-10(2)12(8-15-3)14(18)17-13/h4-7,15H,8H2,1-3H3,(H,16,17,18). The van der Waals surface area contributed by atoms with Crippen molar-refractivity contribution in [3.05, 3.63) is 51.4 Å². The molecule has 0 aliphatic rings. The maximum atomic E-state index is 12.0. The smallest absolute Gasteiger partial charge is 0.255 e. The number of rotatable bonds is 3. The molecule has 4 heteroatoms. The van der Waals surface area contributed by atoms with Crippen molar-refractivity contribution >= 4 is 0 Å². The predicted octanol–water partition coefficient (Wildman–Crippen LogP) is 1.77. The number of aryl methyl sites for hydroxylation is 2. The van der Waals surface area contributed by atoms with Crippen molar-refractivity contribution in [2.75, 3.05) is 7.05 Å². The number of aromatic nitrogens is 2. The van der Waals surface area contributed by atoms with Gasteiger partial charge in [0.05, 0.1) is 5.56 Å². The van der Waals surface area contributed by atoms with Crippen LogP contribution in [-0.2, 0) is 6.54 Å². The summed E-state index contributed by atoms with van der Waals surface area (Å²) in [5.74, 6) is 0.626. The van der Waals surface area contributed by atoms with Crippen LogP contribution in [0.1, 0.15) is 16.8 Å². The van der Waals surface area contributed by atoms with Crippen molar-refractivity contribution in [2.24, 2.45) is 0 Å². The van der Waals surface area contributed by atoms with Gasteiger partial charge in [-0.25, -0.2) is 4.98 Å². The topological polar surface area (TPSA) is 57.8 Å². The average molecular weight is 243 g/mol. The molecule has 0 radical (unpaired) electrons. The Morgan fingerprint density at radius 2 is 2.11 bits per heavy atom. The highest BCUT2D eigenvalue weighted by Crippen LogP contribution is 2.15. The zero-order chi connectivity index (χ0) is 13.1. The van der Waals surface area contributed by atoms with Crippen molar-refractivity contribution < 1.29 is 0 Å². The second-order valence-electron chi connectivity index (χ2n) is 4.38. The Labute approximate surface area is 106 Å². The molecule has 0 atom stereocenters. The molecular formula is C14H17N3O. The van der Waals surface area contributed by atoms with Crippen LogP contribution in [0.5, 0.6) is 0 Å². The molecule has 2 rings (SSSR count). The van der Waals surface area contributed by atoms with Crippen molar-refractivity contribution in [3.8, 4) is 11.4 Å². The van der Waals surface area contributed by atoms with Gasteiger partial charge in [-0.1, -0.05) is 23.8 Å². The van der Waals surface area contributed by atoms with Gasteiger partial charge in [-0.3, -0.25) is 4.79 Å². The quantitative estimate of drug-likeness (QED) is 0.863. The van der Waals surface area contributed by atoms with Gasteiger partial charge in [-0.2, -0.15) is 0 Å². The Kier molecular flexibility index (Phi) is 3.58. The van der Waals surface area contributed by atoms with Gasteiger partial charge in [0, 0.05) is 17.8 Å². The number of aromatic amines is 1. The van der Waals surface area contributed by atoms with Crippen LogP contribution in [-0.4, -0.2) is 17.0 Å². The number of nitrogens with zero attached hydrogens (tertiary/aromatic N) is 1. The van der Waals surface area contributed by atoms with Gasteiger partial charge >= 0.3 is 0 Å². The second kappa shape index (κ2) is 5.14. The van der Waals surface area contributed by atoms with Gasteiger partial charge in [-0.05, 0) is 27.0 Å². The van der Waals surface area contributed by atoms with E-state index in [1.807, 2.05) is 45.2 Å². The summed E-state index contributed by atoms with van der Waals surface area (Å²) in [6.45, 7) is 4.41. The zero-order valence-electron chi connectivity index (χ0n) is 10.9. The van der Waals surface area contributed by atoms with Crippen molar-refractivity contribution in [3.63, 3.8) is 0 Å². The highest BCUT2D eigenvalue weighted by Gasteiger charge is 2.08. The molecule has 0 saturated carbocycles. The first kappa shape index (κ1) is 12.5. The number of hydrogen-bond donors (Lipinski definition) is 2. The first-order chi connectivity index (χ1) is 8.61. The van der Waals surface area contributed by atoms with Gasteiger partial charge in [0.15, 0.2) is 0 Å². The number of benzene rings is 1. The van der Waals surface area contributed by atoms with Crippen LogP contribution < -0.4 is 10.9 Å². The van der Waals surface area contributed by atoms with Crippen LogP contribution in [0.2, 0.25) is 0 Å². The van der Waals surface area contributed by atoms with Crippen molar-refractivity contribution in [2.45, 2.75) is 20.4 Å². The molecule has 94 valence electrons. The molecule has 18 heavy (non-hydrogen) atoms. The lowest BCUT2D eigenvalue weighted by molar-refractivity contribution is 0.787. The van der Waals surface area contributed by atoms with Gasteiger partial charge in [-0.15, -0.1) is 0 Å². The molecular weight excluding hydrogens is 226 g/mol. The molecule has 1 aromatic carbocycles. The number of nitrogens with one attached hydrogen (secondary N) is 2. The van der Waals surface area contributed by atoms with Gasteiger partial charge in [0.2, 0.25) is 0 Å². The molecule has 1 heterocycles. The van der Waals surface area contributed by atoms with E-state index < -0.39 is 0 Å². The lowest BCUT2D eigenvalue weighted by Crippen LogP contribution is -2.22. The van der Waals surface area contributed by atoms with E-state index in [0.717, 1.165) is 16.8 Å². The van der Waals surface area contributed by atoms with Gasteiger partial charge < -0.3 is 10.3 Å². The molecule has 0 aliphatic heterocycles. The minimum absolute atomic E-state index is 0.0756. The summed E-state index contributed by atoms with van der Waals surface area (Å²) < 4.78 is 0. The summed E-state index contributed by atoms with van der Waals surface area (Å²) in [4.78, 5) is 19.3. The molecule has 0 spiro atoms. The summed E-state index contributed by atoms with van der Waals surface area (Å²) >= 11 is 0. The summed E-state index contributed by atoms with van der Waals surface area (Å²) in [6, 6.07) is 7.93. The van der Waals surface area contributed by atoms with Crippen LogP contribution in [0.3, 0.4) is 0 Å². The highest BCUT2D eigenvalue weighted by atomic mass is 16.1. The molecule has 4 nitrogen and oxygen atoms in total. The Morgan fingerprint density at radius 3 is 2.72 bits per heavy atom. The molecule has 0 bridgehead atoms. The normalized spacial score (nSPS) is 10.6. The van der Waals surface area contributed by atoms with E-state index in [4.69, 9.17) is 0 Å². The third-order valence-corrected chi connectivity index (χ3v) is 2.87. The van der Waals surface area contributed by atoms with E-state index in [1.165, 1.54) is 0 Å². The third kappa shape index (κ3) is 2.49. The highest BCUT2D eigenvalue weighted by molar-refractivity contribution is 5.56. The van der Waals surface area contributed by atoms with E-state index in [2.05, 4.69) is 15.3 Å². The fourth-order valence-corrected chi connectivity index (χ4v) is 1.92. The molecule has 0 unspecified atom stereocenters. The Morgan fingerprint density at radius 1 is 1.33 bits per heavy atom. The lowest BCUT2D eigenvalue weighted by Gasteiger charge is -2.07. The minimum Gasteiger partial charge on any atom is -0.315 e. The van der Waals surface area contributed by atoms with E-state index in [-0.39, 0.29) is 5.56 Å². The molecule has 0 fully saturated rings. The molecule has 0 aliphatic carbocycles. The average Bonchev–Trinajstić information content (AvgIpc) is 2.33. The number of H-pyrrole nitrogens is 1. The van der Waals surface area contributed by atoms with Crippen LogP contribution in [0, 0.1) is 13.8 Å². The van der Waals surface area contributed by atoms with Crippen molar-refractivity contribution in [1.29, 1.82) is 0 Å². The maximum absolute atomic E-state index is 12.0. The minimum atomic E-state index is -0.0756. The first-order valence-electron chi connectivity index (χ1n) is 5.93.